The van der Waals surface area contributed by atoms with E-state index in [0.29, 0.717) is 6.04 Å². The van der Waals surface area contributed by atoms with Crippen molar-refractivity contribution in [3.63, 3.8) is 0 Å². The fourth-order valence-corrected chi connectivity index (χ4v) is 1.87. The SMILES string of the molecule is CC(c1ccccc1)N1CC1(C)C#N. The van der Waals surface area contributed by atoms with Gasteiger partial charge in [-0.3, -0.25) is 4.90 Å². The summed E-state index contributed by atoms with van der Waals surface area (Å²) in [6.45, 7) is 5.03. The third kappa shape index (κ3) is 1.40. The Morgan fingerprint density at radius 1 is 1.43 bits per heavy atom. The summed E-state index contributed by atoms with van der Waals surface area (Å²) >= 11 is 0. The van der Waals surface area contributed by atoms with Crippen LogP contribution < -0.4 is 0 Å². The summed E-state index contributed by atoms with van der Waals surface area (Å²) < 4.78 is 0. The molecular formula is C12H14N2. The van der Waals surface area contributed by atoms with Crippen LogP contribution in [0.2, 0.25) is 0 Å². The molecule has 1 fully saturated rings. The van der Waals surface area contributed by atoms with Gasteiger partial charge >= 0.3 is 0 Å². The summed E-state index contributed by atoms with van der Waals surface area (Å²) in [6.07, 6.45) is 0. The molecule has 2 nitrogen and oxygen atoms in total. The number of nitriles is 1. The molecule has 1 aliphatic rings. The fourth-order valence-electron chi connectivity index (χ4n) is 1.87. The summed E-state index contributed by atoms with van der Waals surface area (Å²) in [5.74, 6) is 0. The molecule has 3 atom stereocenters. The summed E-state index contributed by atoms with van der Waals surface area (Å²) in [5, 5.41) is 8.94. The number of nitrogens with zero attached hydrogens (tertiary/aromatic N) is 2. The first kappa shape index (κ1) is 9.23. The first-order valence-corrected chi connectivity index (χ1v) is 4.90. The zero-order valence-corrected chi connectivity index (χ0v) is 8.57. The van der Waals surface area contributed by atoms with E-state index in [9.17, 15) is 0 Å². The Hall–Kier alpha value is -1.33. The van der Waals surface area contributed by atoms with E-state index in [2.05, 4.69) is 30.0 Å². The quantitative estimate of drug-likeness (QED) is 0.663. The van der Waals surface area contributed by atoms with Crippen molar-refractivity contribution < 1.29 is 0 Å². The monoisotopic (exact) mass is 186 g/mol. The summed E-state index contributed by atoms with van der Waals surface area (Å²) in [7, 11) is 0. The van der Waals surface area contributed by atoms with E-state index in [0.717, 1.165) is 6.54 Å². The standard InChI is InChI=1S/C12H14N2/c1-10(11-6-4-3-5-7-11)14-9-12(14,2)8-13/h3-7,10H,9H2,1-2H3. The van der Waals surface area contributed by atoms with Gasteiger partial charge in [0, 0.05) is 12.6 Å². The molecule has 2 rings (SSSR count). The number of hydrogen-bond acceptors (Lipinski definition) is 2. The minimum absolute atomic E-state index is 0.227. The van der Waals surface area contributed by atoms with Gasteiger partial charge in [-0.15, -0.1) is 0 Å². The Bertz CT molecular complexity index is 366. The van der Waals surface area contributed by atoms with Crippen molar-refractivity contribution in [3.05, 3.63) is 35.9 Å². The topological polar surface area (TPSA) is 26.8 Å². The Kier molecular flexibility index (Phi) is 2.05. The Morgan fingerprint density at radius 2 is 2.07 bits per heavy atom. The van der Waals surface area contributed by atoms with Gasteiger partial charge in [-0.2, -0.15) is 5.26 Å². The highest BCUT2D eigenvalue weighted by molar-refractivity contribution is 5.26. The summed E-state index contributed by atoms with van der Waals surface area (Å²) in [4.78, 5) is 2.21. The predicted octanol–water partition coefficient (Wildman–Crippen LogP) is 2.35. The van der Waals surface area contributed by atoms with Gasteiger partial charge in [-0.05, 0) is 19.4 Å². The van der Waals surface area contributed by atoms with Gasteiger partial charge in [0.05, 0.1) is 6.07 Å². The molecule has 1 heterocycles. The normalized spacial score (nSPS) is 31.9. The molecule has 0 bridgehead atoms. The molecule has 0 aliphatic carbocycles. The van der Waals surface area contributed by atoms with E-state index < -0.39 is 0 Å². The lowest BCUT2D eigenvalue weighted by Gasteiger charge is -2.15. The molecule has 3 unspecified atom stereocenters. The van der Waals surface area contributed by atoms with Crippen LogP contribution in [0.4, 0.5) is 0 Å². The Morgan fingerprint density at radius 3 is 2.57 bits per heavy atom. The van der Waals surface area contributed by atoms with Crippen LogP contribution in [0.3, 0.4) is 0 Å². The number of rotatable bonds is 2. The first-order valence-electron chi connectivity index (χ1n) is 4.90. The van der Waals surface area contributed by atoms with Gasteiger partial charge in [-0.25, -0.2) is 0 Å². The zero-order valence-electron chi connectivity index (χ0n) is 8.57. The van der Waals surface area contributed by atoms with Crippen LogP contribution in [0.15, 0.2) is 30.3 Å². The van der Waals surface area contributed by atoms with E-state index in [1.54, 1.807) is 0 Å². The van der Waals surface area contributed by atoms with Crippen molar-refractivity contribution in [1.82, 2.24) is 4.90 Å². The van der Waals surface area contributed by atoms with Gasteiger partial charge in [0.2, 0.25) is 0 Å². The van der Waals surface area contributed by atoms with E-state index in [1.165, 1.54) is 5.56 Å². The van der Waals surface area contributed by atoms with Crippen molar-refractivity contribution >= 4 is 0 Å². The maximum Gasteiger partial charge on any atom is 0.119 e. The smallest absolute Gasteiger partial charge is 0.119 e. The molecule has 0 spiro atoms. The van der Waals surface area contributed by atoms with Crippen molar-refractivity contribution in [1.29, 1.82) is 5.26 Å². The fraction of sp³-hybridized carbons (Fsp3) is 0.417. The third-order valence-electron chi connectivity index (χ3n) is 3.00. The minimum Gasteiger partial charge on any atom is -0.275 e. The van der Waals surface area contributed by atoms with Gasteiger partial charge in [-0.1, -0.05) is 30.3 Å². The second-order valence-corrected chi connectivity index (χ2v) is 4.10. The molecule has 14 heavy (non-hydrogen) atoms. The molecule has 1 aliphatic heterocycles. The molecule has 1 aromatic carbocycles. The lowest BCUT2D eigenvalue weighted by molar-refractivity contribution is 0.384. The minimum atomic E-state index is -0.227. The van der Waals surface area contributed by atoms with Crippen LogP contribution in [0.25, 0.3) is 0 Å². The van der Waals surface area contributed by atoms with Gasteiger partial charge in [0.15, 0.2) is 0 Å². The Labute approximate surface area is 84.8 Å². The van der Waals surface area contributed by atoms with Crippen LogP contribution in [-0.2, 0) is 0 Å². The van der Waals surface area contributed by atoms with Crippen molar-refractivity contribution in [3.8, 4) is 6.07 Å². The molecular weight excluding hydrogens is 172 g/mol. The first-order chi connectivity index (χ1) is 6.67. The average molecular weight is 186 g/mol. The number of hydrogen-bond donors (Lipinski definition) is 0. The highest BCUT2D eigenvalue weighted by Gasteiger charge is 2.50. The average Bonchev–Trinajstić information content (AvgIpc) is 2.92. The molecule has 0 radical (unpaired) electrons. The van der Waals surface area contributed by atoms with Crippen LogP contribution >= 0.6 is 0 Å². The maximum absolute atomic E-state index is 8.94. The molecule has 2 heteroatoms. The molecule has 1 aromatic rings. The third-order valence-corrected chi connectivity index (χ3v) is 3.00. The summed E-state index contributed by atoms with van der Waals surface area (Å²) in [5.41, 5.74) is 1.06. The predicted molar refractivity (Wildman–Crippen MR) is 55.6 cm³/mol. The highest BCUT2D eigenvalue weighted by atomic mass is 15.4. The molecule has 72 valence electrons. The van der Waals surface area contributed by atoms with Crippen LogP contribution in [0.5, 0.6) is 0 Å². The number of benzene rings is 1. The summed E-state index contributed by atoms with van der Waals surface area (Å²) in [6, 6.07) is 13.0. The van der Waals surface area contributed by atoms with Crippen LogP contribution in [-0.4, -0.2) is 17.0 Å². The molecule has 0 amide bonds. The Balaban J connectivity index is 2.13. The lowest BCUT2D eigenvalue weighted by atomic mass is 10.1. The molecule has 0 aromatic heterocycles. The second kappa shape index (κ2) is 3.11. The van der Waals surface area contributed by atoms with Gasteiger partial charge < -0.3 is 0 Å². The molecule has 0 saturated carbocycles. The van der Waals surface area contributed by atoms with Crippen molar-refractivity contribution in [2.45, 2.75) is 25.4 Å². The van der Waals surface area contributed by atoms with Gasteiger partial charge in [0.1, 0.15) is 5.54 Å². The largest absolute Gasteiger partial charge is 0.275 e. The van der Waals surface area contributed by atoms with E-state index >= 15 is 0 Å². The van der Waals surface area contributed by atoms with Crippen molar-refractivity contribution in [2.24, 2.45) is 0 Å². The highest BCUT2D eigenvalue weighted by Crippen LogP contribution is 2.39. The van der Waals surface area contributed by atoms with E-state index in [1.807, 2.05) is 25.1 Å². The maximum atomic E-state index is 8.94. The lowest BCUT2D eigenvalue weighted by Crippen LogP contribution is -2.15. The zero-order chi connectivity index (χ0) is 10.2. The molecule has 1 saturated heterocycles. The van der Waals surface area contributed by atoms with Gasteiger partial charge in [0.25, 0.3) is 0 Å². The van der Waals surface area contributed by atoms with Crippen molar-refractivity contribution in [2.75, 3.05) is 6.54 Å². The molecule has 0 N–H and O–H groups in total. The van der Waals surface area contributed by atoms with Crippen LogP contribution in [0, 0.1) is 11.3 Å². The van der Waals surface area contributed by atoms with E-state index in [4.69, 9.17) is 5.26 Å². The van der Waals surface area contributed by atoms with E-state index in [-0.39, 0.29) is 5.54 Å². The second-order valence-electron chi connectivity index (χ2n) is 4.10. The van der Waals surface area contributed by atoms with Crippen LogP contribution in [0.1, 0.15) is 25.5 Å².